The van der Waals surface area contributed by atoms with Gasteiger partial charge in [-0.3, -0.25) is 14.6 Å². The van der Waals surface area contributed by atoms with E-state index in [9.17, 15) is 4.79 Å². The Morgan fingerprint density at radius 3 is 2.56 bits per heavy atom. The Labute approximate surface area is 154 Å². The lowest BCUT2D eigenvalue weighted by molar-refractivity contribution is -0.136. The Kier molecular flexibility index (Phi) is 5.06. The van der Waals surface area contributed by atoms with Gasteiger partial charge in [-0.05, 0) is 42.2 Å². The van der Waals surface area contributed by atoms with Crippen LogP contribution in [0.4, 0.5) is 0 Å². The molecule has 1 atom stereocenters. The zero-order valence-corrected chi connectivity index (χ0v) is 15.8. The van der Waals surface area contributed by atoms with Crippen molar-refractivity contribution in [3.8, 4) is 0 Å². The molecule has 2 aromatic rings. The lowest BCUT2D eigenvalue weighted by Crippen LogP contribution is -2.54. The summed E-state index contributed by atoms with van der Waals surface area (Å²) in [4.78, 5) is 19.5. The number of amides is 1. The van der Waals surface area contributed by atoms with E-state index < -0.39 is 0 Å². The van der Waals surface area contributed by atoms with Crippen LogP contribution in [0.2, 0.25) is 0 Å². The van der Waals surface area contributed by atoms with Gasteiger partial charge in [0.05, 0.1) is 6.04 Å². The smallest absolute Gasteiger partial charge is 0.239 e. The number of carbonyl (C=O) groups is 1. The zero-order valence-electron chi connectivity index (χ0n) is 15.0. The van der Waals surface area contributed by atoms with Crippen LogP contribution in [0.15, 0.2) is 29.6 Å². The molecule has 4 rings (SSSR count). The summed E-state index contributed by atoms with van der Waals surface area (Å²) in [5.74, 6) is 0.328. The molecule has 0 saturated carbocycles. The van der Waals surface area contributed by atoms with Gasteiger partial charge in [0.15, 0.2) is 0 Å². The van der Waals surface area contributed by atoms with E-state index in [0.29, 0.717) is 5.91 Å². The molecule has 2 fully saturated rings. The first-order chi connectivity index (χ1) is 12.2. The fraction of sp³-hybridized carbons (Fsp3) is 0.550. The topological polar surface area (TPSA) is 26.8 Å². The third-order valence-corrected chi connectivity index (χ3v) is 6.70. The number of carbonyl (C=O) groups excluding carboxylic acids is 1. The van der Waals surface area contributed by atoms with Gasteiger partial charge in [0.25, 0.3) is 0 Å². The molecule has 1 aromatic carbocycles. The van der Waals surface area contributed by atoms with Crippen LogP contribution < -0.4 is 0 Å². The summed E-state index contributed by atoms with van der Waals surface area (Å²) < 4.78 is 1.38. The van der Waals surface area contributed by atoms with E-state index in [-0.39, 0.29) is 6.04 Å². The second-order valence-corrected chi connectivity index (χ2v) is 8.19. The minimum atomic E-state index is 0.0298. The monoisotopic (exact) mass is 357 g/mol. The molecule has 2 aliphatic heterocycles. The molecule has 0 N–H and O–H groups in total. The van der Waals surface area contributed by atoms with Gasteiger partial charge in [-0.2, -0.15) is 0 Å². The maximum absolute atomic E-state index is 12.6. The van der Waals surface area contributed by atoms with Crippen LogP contribution in [0.5, 0.6) is 0 Å². The van der Waals surface area contributed by atoms with Gasteiger partial charge < -0.3 is 4.90 Å². The van der Waals surface area contributed by atoms with Gasteiger partial charge in [0.2, 0.25) is 5.91 Å². The molecule has 5 heteroatoms. The molecular formula is C20H27N3OS. The van der Waals surface area contributed by atoms with Crippen molar-refractivity contribution < 1.29 is 4.79 Å². The summed E-state index contributed by atoms with van der Waals surface area (Å²) in [5.41, 5.74) is 1.44. The summed E-state index contributed by atoms with van der Waals surface area (Å²) >= 11 is 1.84. The van der Waals surface area contributed by atoms with Crippen LogP contribution in [0, 0.1) is 0 Å². The first-order valence-electron chi connectivity index (χ1n) is 9.42. The van der Waals surface area contributed by atoms with E-state index in [2.05, 4.69) is 51.3 Å². The molecule has 0 radical (unpaired) electrons. The third kappa shape index (κ3) is 3.59. The lowest BCUT2D eigenvalue weighted by atomic mass is 10.1. The average molecular weight is 358 g/mol. The molecule has 0 unspecified atom stereocenters. The summed E-state index contributed by atoms with van der Waals surface area (Å²) in [7, 11) is 0. The van der Waals surface area contributed by atoms with Gasteiger partial charge in [-0.15, -0.1) is 11.3 Å². The third-order valence-electron chi connectivity index (χ3n) is 5.68. The molecule has 0 aliphatic carbocycles. The Bertz CT molecular complexity index is 729. The highest BCUT2D eigenvalue weighted by Crippen LogP contribution is 2.27. The van der Waals surface area contributed by atoms with Crippen molar-refractivity contribution in [3.05, 3.63) is 35.2 Å². The molecule has 0 bridgehead atoms. The van der Waals surface area contributed by atoms with Gasteiger partial charge in [-0.25, -0.2) is 0 Å². The SMILES string of the molecule is C[C@@H](C(=O)N1CCCC1)N1CCN(Cc2csc3ccccc23)CC1. The van der Waals surface area contributed by atoms with Gasteiger partial charge >= 0.3 is 0 Å². The Balaban J connectivity index is 1.33. The predicted octanol–water partition coefficient (Wildman–Crippen LogP) is 3.03. The molecule has 134 valence electrons. The second-order valence-electron chi connectivity index (χ2n) is 7.28. The number of fused-ring (bicyclic) bond motifs is 1. The van der Waals surface area contributed by atoms with Crippen LogP contribution >= 0.6 is 11.3 Å². The largest absolute Gasteiger partial charge is 0.341 e. The first-order valence-corrected chi connectivity index (χ1v) is 10.3. The van der Waals surface area contributed by atoms with Crippen molar-refractivity contribution in [2.75, 3.05) is 39.3 Å². The van der Waals surface area contributed by atoms with Crippen LogP contribution in [-0.4, -0.2) is 65.9 Å². The molecule has 0 spiro atoms. The number of benzene rings is 1. The Hall–Kier alpha value is -1.43. The van der Waals surface area contributed by atoms with E-state index in [4.69, 9.17) is 0 Å². The van der Waals surface area contributed by atoms with Gasteiger partial charge in [0, 0.05) is 50.5 Å². The lowest BCUT2D eigenvalue weighted by Gasteiger charge is -2.38. The van der Waals surface area contributed by atoms with Crippen molar-refractivity contribution in [1.29, 1.82) is 0 Å². The number of hydrogen-bond acceptors (Lipinski definition) is 4. The summed E-state index contributed by atoms with van der Waals surface area (Å²) in [6.45, 7) is 9.08. The summed E-state index contributed by atoms with van der Waals surface area (Å²) in [6.07, 6.45) is 2.33. The number of likely N-dealkylation sites (tertiary alicyclic amines) is 1. The summed E-state index contributed by atoms with van der Waals surface area (Å²) in [5, 5.41) is 3.70. The minimum Gasteiger partial charge on any atom is -0.341 e. The standard InChI is InChI=1S/C20H27N3OS/c1-16(20(24)23-8-4-5-9-23)22-12-10-21(11-13-22)14-17-15-25-19-7-3-2-6-18(17)19/h2-3,6-7,15-16H,4-5,8-14H2,1H3/t16-/m0/s1. The molecule has 1 aromatic heterocycles. The van der Waals surface area contributed by atoms with Crippen molar-refractivity contribution in [2.45, 2.75) is 32.4 Å². The zero-order chi connectivity index (χ0) is 17.2. The molecule has 2 aliphatic rings. The van der Waals surface area contributed by atoms with Gasteiger partial charge in [0.1, 0.15) is 0 Å². The molecule has 4 nitrogen and oxygen atoms in total. The fourth-order valence-electron chi connectivity index (χ4n) is 4.06. The Morgan fingerprint density at radius 2 is 1.80 bits per heavy atom. The van der Waals surface area contributed by atoms with Crippen molar-refractivity contribution in [2.24, 2.45) is 0 Å². The second kappa shape index (κ2) is 7.44. The van der Waals surface area contributed by atoms with E-state index in [0.717, 1.165) is 45.8 Å². The van der Waals surface area contributed by atoms with Crippen molar-refractivity contribution in [1.82, 2.24) is 14.7 Å². The molecular weight excluding hydrogens is 330 g/mol. The maximum Gasteiger partial charge on any atom is 0.239 e. The van der Waals surface area contributed by atoms with Crippen LogP contribution in [0.3, 0.4) is 0 Å². The highest BCUT2D eigenvalue weighted by Gasteiger charge is 2.29. The minimum absolute atomic E-state index is 0.0298. The molecule has 2 saturated heterocycles. The summed E-state index contributed by atoms with van der Waals surface area (Å²) in [6, 6.07) is 8.70. The number of hydrogen-bond donors (Lipinski definition) is 0. The van der Waals surface area contributed by atoms with Crippen LogP contribution in [-0.2, 0) is 11.3 Å². The maximum atomic E-state index is 12.6. The molecule has 1 amide bonds. The highest BCUT2D eigenvalue weighted by atomic mass is 32.1. The number of thiophene rings is 1. The van der Waals surface area contributed by atoms with Crippen LogP contribution in [0.25, 0.3) is 10.1 Å². The number of piperazine rings is 1. The first kappa shape index (κ1) is 17.0. The van der Waals surface area contributed by atoms with Crippen LogP contribution in [0.1, 0.15) is 25.3 Å². The quantitative estimate of drug-likeness (QED) is 0.841. The predicted molar refractivity (Wildman–Crippen MR) is 104 cm³/mol. The average Bonchev–Trinajstić information content (AvgIpc) is 3.32. The normalized spacial score (nSPS) is 21.1. The highest BCUT2D eigenvalue weighted by molar-refractivity contribution is 7.17. The Morgan fingerprint density at radius 1 is 1.08 bits per heavy atom. The van der Waals surface area contributed by atoms with E-state index in [1.54, 1.807) is 0 Å². The van der Waals surface area contributed by atoms with Gasteiger partial charge in [-0.1, -0.05) is 18.2 Å². The van der Waals surface area contributed by atoms with E-state index in [1.807, 2.05) is 11.3 Å². The van der Waals surface area contributed by atoms with E-state index >= 15 is 0 Å². The fourth-order valence-corrected chi connectivity index (χ4v) is 5.02. The number of rotatable bonds is 4. The number of nitrogens with zero attached hydrogens (tertiary/aromatic N) is 3. The molecule has 3 heterocycles. The van der Waals surface area contributed by atoms with Crippen molar-refractivity contribution in [3.63, 3.8) is 0 Å². The van der Waals surface area contributed by atoms with Crippen molar-refractivity contribution >= 4 is 27.3 Å². The van der Waals surface area contributed by atoms with E-state index in [1.165, 1.54) is 28.5 Å². The molecule has 25 heavy (non-hydrogen) atoms.